The third kappa shape index (κ3) is 2.80. The fraction of sp³-hybridized carbons (Fsp3) is 0.500. The van der Waals surface area contributed by atoms with Gasteiger partial charge < -0.3 is 23.8 Å². The maximum atomic E-state index is 12.0. The summed E-state index contributed by atoms with van der Waals surface area (Å²) >= 11 is 0. The summed E-state index contributed by atoms with van der Waals surface area (Å²) in [4.78, 5) is 13.8. The number of benzene rings is 1. The smallest absolute Gasteiger partial charge is 0.260 e. The minimum absolute atomic E-state index is 0.0202. The lowest BCUT2D eigenvalue weighted by Gasteiger charge is -2.31. The van der Waals surface area contributed by atoms with Gasteiger partial charge in [0.25, 0.3) is 5.91 Å². The Kier molecular flexibility index (Phi) is 3.64. The van der Waals surface area contributed by atoms with Crippen molar-refractivity contribution in [1.82, 2.24) is 4.90 Å². The molecule has 1 aromatic carbocycles. The van der Waals surface area contributed by atoms with E-state index < -0.39 is 0 Å². The van der Waals surface area contributed by atoms with Crippen LogP contribution in [0.5, 0.6) is 17.2 Å². The molecule has 2 aliphatic rings. The number of morpholine rings is 1. The Morgan fingerprint density at radius 3 is 3.10 bits per heavy atom. The quantitative estimate of drug-likeness (QED) is 0.827. The summed E-state index contributed by atoms with van der Waals surface area (Å²) < 4.78 is 21.4. The van der Waals surface area contributed by atoms with Gasteiger partial charge in [0.2, 0.25) is 6.79 Å². The highest BCUT2D eigenvalue weighted by molar-refractivity contribution is 5.78. The molecule has 1 aromatic rings. The zero-order valence-electron chi connectivity index (χ0n) is 11.3. The SMILES string of the molecule is CC1CN(C(=O)COc2ccc3c(c2)OCO3)CCO1. The largest absolute Gasteiger partial charge is 0.484 e. The molecule has 0 spiro atoms. The number of hydrogen-bond acceptors (Lipinski definition) is 5. The Labute approximate surface area is 117 Å². The van der Waals surface area contributed by atoms with Crippen LogP contribution in [0.25, 0.3) is 0 Å². The number of fused-ring (bicyclic) bond motifs is 1. The molecule has 108 valence electrons. The third-order valence-corrected chi connectivity index (χ3v) is 3.30. The fourth-order valence-corrected chi connectivity index (χ4v) is 2.25. The van der Waals surface area contributed by atoms with E-state index in [1.54, 1.807) is 23.1 Å². The molecule has 6 nitrogen and oxygen atoms in total. The van der Waals surface area contributed by atoms with Gasteiger partial charge in [-0.1, -0.05) is 0 Å². The van der Waals surface area contributed by atoms with Gasteiger partial charge in [0, 0.05) is 19.2 Å². The standard InChI is InChI=1S/C14H17NO5/c1-10-7-15(4-5-17-10)14(16)8-18-11-2-3-12-13(6-11)20-9-19-12/h2-3,6,10H,4-5,7-9H2,1H3. The van der Waals surface area contributed by atoms with E-state index >= 15 is 0 Å². The zero-order chi connectivity index (χ0) is 13.9. The molecule has 0 aromatic heterocycles. The summed E-state index contributed by atoms with van der Waals surface area (Å²) in [6, 6.07) is 5.28. The first-order chi connectivity index (χ1) is 9.72. The van der Waals surface area contributed by atoms with Crippen LogP contribution in [0.2, 0.25) is 0 Å². The van der Waals surface area contributed by atoms with Crippen molar-refractivity contribution >= 4 is 5.91 Å². The monoisotopic (exact) mass is 279 g/mol. The molecule has 3 rings (SSSR count). The van der Waals surface area contributed by atoms with Gasteiger partial charge in [-0.3, -0.25) is 4.79 Å². The zero-order valence-corrected chi connectivity index (χ0v) is 11.3. The summed E-state index contributed by atoms with van der Waals surface area (Å²) in [5.41, 5.74) is 0. The molecule has 1 saturated heterocycles. The van der Waals surface area contributed by atoms with E-state index in [0.717, 1.165) is 0 Å². The van der Waals surface area contributed by atoms with Crippen LogP contribution in [0.4, 0.5) is 0 Å². The Morgan fingerprint density at radius 2 is 2.25 bits per heavy atom. The maximum Gasteiger partial charge on any atom is 0.260 e. The van der Waals surface area contributed by atoms with Crippen molar-refractivity contribution in [3.05, 3.63) is 18.2 Å². The molecule has 0 saturated carbocycles. The van der Waals surface area contributed by atoms with Crippen molar-refractivity contribution in [3.63, 3.8) is 0 Å². The second-order valence-corrected chi connectivity index (χ2v) is 4.82. The van der Waals surface area contributed by atoms with E-state index in [1.165, 1.54) is 0 Å². The van der Waals surface area contributed by atoms with Crippen LogP contribution in [-0.4, -0.2) is 50.0 Å². The first kappa shape index (κ1) is 13.1. The molecular weight excluding hydrogens is 262 g/mol. The molecule has 0 N–H and O–H groups in total. The number of amides is 1. The van der Waals surface area contributed by atoms with Crippen molar-refractivity contribution in [3.8, 4) is 17.2 Å². The van der Waals surface area contributed by atoms with Crippen molar-refractivity contribution < 1.29 is 23.7 Å². The van der Waals surface area contributed by atoms with Gasteiger partial charge in [-0.15, -0.1) is 0 Å². The molecule has 2 aliphatic heterocycles. The Balaban J connectivity index is 1.55. The lowest BCUT2D eigenvalue weighted by atomic mass is 10.3. The van der Waals surface area contributed by atoms with E-state index in [9.17, 15) is 4.79 Å². The van der Waals surface area contributed by atoms with Crippen LogP contribution in [0.1, 0.15) is 6.92 Å². The average Bonchev–Trinajstić information content (AvgIpc) is 2.92. The van der Waals surface area contributed by atoms with Gasteiger partial charge in [-0.2, -0.15) is 0 Å². The van der Waals surface area contributed by atoms with Gasteiger partial charge in [0.05, 0.1) is 12.7 Å². The highest BCUT2D eigenvalue weighted by Crippen LogP contribution is 2.35. The second-order valence-electron chi connectivity index (χ2n) is 4.82. The van der Waals surface area contributed by atoms with Gasteiger partial charge in [-0.25, -0.2) is 0 Å². The van der Waals surface area contributed by atoms with E-state index in [1.807, 2.05) is 6.92 Å². The molecular formula is C14H17NO5. The number of carbonyl (C=O) groups is 1. The Hall–Kier alpha value is -1.95. The van der Waals surface area contributed by atoms with E-state index in [-0.39, 0.29) is 25.4 Å². The molecule has 1 unspecified atom stereocenters. The van der Waals surface area contributed by atoms with E-state index in [4.69, 9.17) is 18.9 Å². The summed E-state index contributed by atoms with van der Waals surface area (Å²) in [5.74, 6) is 1.92. The summed E-state index contributed by atoms with van der Waals surface area (Å²) in [6.45, 7) is 4.02. The van der Waals surface area contributed by atoms with Crippen LogP contribution in [0.15, 0.2) is 18.2 Å². The van der Waals surface area contributed by atoms with Crippen molar-refractivity contribution in [2.75, 3.05) is 33.1 Å². The molecule has 6 heteroatoms. The predicted octanol–water partition coefficient (Wildman–Crippen LogP) is 1.04. The van der Waals surface area contributed by atoms with E-state index in [2.05, 4.69) is 0 Å². The van der Waals surface area contributed by atoms with Gasteiger partial charge in [0.1, 0.15) is 5.75 Å². The van der Waals surface area contributed by atoms with Gasteiger partial charge in [-0.05, 0) is 19.1 Å². The molecule has 1 amide bonds. The molecule has 20 heavy (non-hydrogen) atoms. The molecule has 1 fully saturated rings. The highest BCUT2D eigenvalue weighted by atomic mass is 16.7. The van der Waals surface area contributed by atoms with Crippen LogP contribution in [0.3, 0.4) is 0 Å². The number of rotatable bonds is 3. The second kappa shape index (κ2) is 5.58. The molecule has 2 heterocycles. The van der Waals surface area contributed by atoms with Crippen LogP contribution < -0.4 is 14.2 Å². The summed E-state index contributed by atoms with van der Waals surface area (Å²) in [7, 11) is 0. The Morgan fingerprint density at radius 1 is 1.40 bits per heavy atom. The highest BCUT2D eigenvalue weighted by Gasteiger charge is 2.22. The minimum atomic E-state index is -0.0298. The number of carbonyl (C=O) groups excluding carboxylic acids is 1. The van der Waals surface area contributed by atoms with Crippen molar-refractivity contribution in [2.45, 2.75) is 13.0 Å². The first-order valence-electron chi connectivity index (χ1n) is 6.64. The molecule has 0 aliphatic carbocycles. The fourth-order valence-electron chi connectivity index (χ4n) is 2.25. The normalized spacial score (nSPS) is 20.9. The van der Waals surface area contributed by atoms with Gasteiger partial charge >= 0.3 is 0 Å². The maximum absolute atomic E-state index is 12.0. The van der Waals surface area contributed by atoms with Crippen molar-refractivity contribution in [2.24, 2.45) is 0 Å². The van der Waals surface area contributed by atoms with E-state index in [0.29, 0.717) is 36.9 Å². The van der Waals surface area contributed by atoms with Crippen molar-refractivity contribution in [1.29, 1.82) is 0 Å². The van der Waals surface area contributed by atoms with Crippen LogP contribution >= 0.6 is 0 Å². The summed E-state index contributed by atoms with van der Waals surface area (Å²) in [6.07, 6.45) is 0.0817. The van der Waals surface area contributed by atoms with Crippen LogP contribution in [0, 0.1) is 0 Å². The number of nitrogens with zero attached hydrogens (tertiary/aromatic N) is 1. The number of ether oxygens (including phenoxy) is 4. The van der Waals surface area contributed by atoms with Gasteiger partial charge in [0.15, 0.2) is 18.1 Å². The third-order valence-electron chi connectivity index (χ3n) is 3.30. The Bertz CT molecular complexity index is 504. The summed E-state index contributed by atoms with van der Waals surface area (Å²) in [5, 5.41) is 0. The molecule has 0 radical (unpaired) electrons. The number of hydrogen-bond donors (Lipinski definition) is 0. The topological polar surface area (TPSA) is 57.2 Å². The lowest BCUT2D eigenvalue weighted by Crippen LogP contribution is -2.46. The first-order valence-corrected chi connectivity index (χ1v) is 6.64. The average molecular weight is 279 g/mol. The lowest BCUT2D eigenvalue weighted by molar-refractivity contribution is -0.140. The predicted molar refractivity (Wildman–Crippen MR) is 70.1 cm³/mol. The minimum Gasteiger partial charge on any atom is -0.484 e. The van der Waals surface area contributed by atoms with Crippen LogP contribution in [-0.2, 0) is 9.53 Å². The molecule has 0 bridgehead atoms. The molecule has 1 atom stereocenters.